The number of pyridine rings is 1. The molecule has 0 spiro atoms. The number of nitrogens with zero attached hydrogens (tertiary/aromatic N) is 1. The Labute approximate surface area is 145 Å². The molecule has 0 saturated carbocycles. The summed E-state index contributed by atoms with van der Waals surface area (Å²) in [5.41, 5.74) is 1.06. The lowest BCUT2D eigenvalue weighted by atomic mass is 10.1. The second kappa shape index (κ2) is 8.09. The summed E-state index contributed by atoms with van der Waals surface area (Å²) < 4.78 is 25.3. The van der Waals surface area contributed by atoms with Crippen LogP contribution in [-0.2, 0) is 16.4 Å². The Morgan fingerprint density at radius 1 is 1.17 bits per heavy atom. The van der Waals surface area contributed by atoms with Gasteiger partial charge in [-0.2, -0.15) is 0 Å². The fourth-order valence-electron chi connectivity index (χ4n) is 1.86. The molecule has 0 aliphatic heterocycles. The molecule has 0 bridgehead atoms. The Morgan fingerprint density at radius 2 is 1.88 bits per heavy atom. The van der Waals surface area contributed by atoms with Gasteiger partial charge < -0.3 is 5.32 Å². The zero-order valence-corrected chi connectivity index (χ0v) is 14.5. The molecule has 128 valence electrons. The van der Waals surface area contributed by atoms with E-state index in [0.29, 0.717) is 18.0 Å². The molecule has 0 aliphatic carbocycles. The highest BCUT2D eigenvalue weighted by molar-refractivity contribution is 7.89. The Morgan fingerprint density at radius 3 is 2.46 bits per heavy atom. The van der Waals surface area contributed by atoms with Crippen molar-refractivity contribution in [3.05, 3.63) is 53.2 Å². The number of hydrogen-bond acceptors (Lipinski definition) is 4. The van der Waals surface area contributed by atoms with Crippen molar-refractivity contribution >= 4 is 33.5 Å². The smallest absolute Gasteiger partial charge is 0.320 e. The third kappa shape index (κ3) is 5.19. The van der Waals surface area contributed by atoms with E-state index < -0.39 is 16.1 Å². The molecular formula is C15H17ClN4O3S. The molecule has 0 fully saturated rings. The first-order valence-electron chi connectivity index (χ1n) is 7.09. The lowest BCUT2D eigenvalue weighted by Gasteiger charge is -2.08. The Hall–Kier alpha value is -2.16. The molecule has 2 amide bonds. The Bertz CT molecular complexity index is 792. The van der Waals surface area contributed by atoms with Gasteiger partial charge in [0.2, 0.25) is 10.0 Å². The van der Waals surface area contributed by atoms with Gasteiger partial charge in [0.15, 0.2) is 0 Å². The standard InChI is InChI=1S/C15H17ClN4O3S/c1-17-24(22,23)13-6-7-14(19-10-13)20-15(21)18-9-8-11-2-4-12(16)5-3-11/h2-7,10,17H,8-9H2,1H3,(H2,18,19,20,21). The van der Waals surface area contributed by atoms with E-state index in [-0.39, 0.29) is 10.7 Å². The number of sulfonamides is 1. The largest absolute Gasteiger partial charge is 0.337 e. The van der Waals surface area contributed by atoms with Crippen LogP contribution in [0.4, 0.5) is 10.6 Å². The van der Waals surface area contributed by atoms with Crippen molar-refractivity contribution in [3.63, 3.8) is 0 Å². The Balaban J connectivity index is 1.83. The highest BCUT2D eigenvalue weighted by Crippen LogP contribution is 2.11. The maximum Gasteiger partial charge on any atom is 0.320 e. The minimum atomic E-state index is -3.54. The van der Waals surface area contributed by atoms with Crippen molar-refractivity contribution in [1.82, 2.24) is 15.0 Å². The SMILES string of the molecule is CNS(=O)(=O)c1ccc(NC(=O)NCCc2ccc(Cl)cc2)nc1. The topological polar surface area (TPSA) is 100 Å². The van der Waals surface area contributed by atoms with E-state index in [1.807, 2.05) is 12.1 Å². The molecule has 0 atom stereocenters. The lowest BCUT2D eigenvalue weighted by Crippen LogP contribution is -2.30. The highest BCUT2D eigenvalue weighted by atomic mass is 35.5. The maximum absolute atomic E-state index is 11.8. The van der Waals surface area contributed by atoms with Gasteiger partial charge in [0, 0.05) is 17.8 Å². The summed E-state index contributed by atoms with van der Waals surface area (Å²) in [6, 6.07) is 9.74. The van der Waals surface area contributed by atoms with E-state index in [0.717, 1.165) is 5.56 Å². The predicted octanol–water partition coefficient (Wildman–Crippen LogP) is 2.01. The number of benzene rings is 1. The molecule has 9 heteroatoms. The summed E-state index contributed by atoms with van der Waals surface area (Å²) in [6.45, 7) is 0.444. The molecule has 0 aliphatic rings. The van der Waals surface area contributed by atoms with Crippen LogP contribution < -0.4 is 15.4 Å². The van der Waals surface area contributed by atoms with Gasteiger partial charge in [-0.05, 0) is 43.3 Å². The van der Waals surface area contributed by atoms with E-state index in [4.69, 9.17) is 11.6 Å². The van der Waals surface area contributed by atoms with Crippen molar-refractivity contribution in [1.29, 1.82) is 0 Å². The molecular weight excluding hydrogens is 352 g/mol. The first kappa shape index (κ1) is 18.2. The number of aromatic nitrogens is 1. The molecule has 2 rings (SSSR count). The molecule has 1 aromatic heterocycles. The summed E-state index contributed by atoms with van der Waals surface area (Å²) in [4.78, 5) is 15.7. The lowest BCUT2D eigenvalue weighted by molar-refractivity contribution is 0.252. The van der Waals surface area contributed by atoms with Crippen molar-refractivity contribution in [3.8, 4) is 0 Å². The molecule has 0 unspecified atom stereocenters. The van der Waals surface area contributed by atoms with Crippen LogP contribution in [0.5, 0.6) is 0 Å². The molecule has 3 N–H and O–H groups in total. The van der Waals surface area contributed by atoms with Gasteiger partial charge in [0.1, 0.15) is 10.7 Å². The van der Waals surface area contributed by atoms with Gasteiger partial charge in [-0.15, -0.1) is 0 Å². The molecule has 1 aromatic carbocycles. The van der Waals surface area contributed by atoms with Crippen molar-refractivity contribution in [2.45, 2.75) is 11.3 Å². The van der Waals surface area contributed by atoms with Crippen LogP contribution >= 0.6 is 11.6 Å². The zero-order valence-electron chi connectivity index (χ0n) is 12.9. The van der Waals surface area contributed by atoms with Gasteiger partial charge in [0.05, 0.1) is 0 Å². The maximum atomic E-state index is 11.8. The third-order valence-corrected chi connectivity index (χ3v) is 4.82. The van der Waals surface area contributed by atoms with Crippen LogP contribution in [0.1, 0.15) is 5.56 Å². The quantitative estimate of drug-likeness (QED) is 0.726. The number of hydrogen-bond donors (Lipinski definition) is 3. The highest BCUT2D eigenvalue weighted by Gasteiger charge is 2.11. The number of amides is 2. The van der Waals surface area contributed by atoms with Crippen LogP contribution in [0.3, 0.4) is 0 Å². The monoisotopic (exact) mass is 368 g/mol. The van der Waals surface area contributed by atoms with Gasteiger partial charge in [0.25, 0.3) is 0 Å². The van der Waals surface area contributed by atoms with Gasteiger partial charge in [-0.3, -0.25) is 5.32 Å². The average Bonchev–Trinajstić information content (AvgIpc) is 2.57. The number of rotatable bonds is 6. The second-order valence-corrected chi connectivity index (χ2v) is 7.17. The molecule has 2 aromatic rings. The molecule has 0 radical (unpaired) electrons. The van der Waals surface area contributed by atoms with Crippen molar-refractivity contribution < 1.29 is 13.2 Å². The molecule has 7 nitrogen and oxygen atoms in total. The average molecular weight is 369 g/mol. The number of carbonyl (C=O) groups excluding carboxylic acids is 1. The van der Waals surface area contributed by atoms with Crippen molar-refractivity contribution in [2.24, 2.45) is 0 Å². The van der Waals surface area contributed by atoms with Crippen LogP contribution in [0, 0.1) is 0 Å². The normalized spacial score (nSPS) is 11.1. The van der Waals surface area contributed by atoms with E-state index in [1.165, 1.54) is 25.4 Å². The predicted molar refractivity (Wildman–Crippen MR) is 92.7 cm³/mol. The van der Waals surface area contributed by atoms with E-state index in [1.54, 1.807) is 12.1 Å². The van der Waals surface area contributed by atoms with Gasteiger partial charge in [-0.1, -0.05) is 23.7 Å². The number of urea groups is 1. The fraction of sp³-hybridized carbons (Fsp3) is 0.200. The minimum absolute atomic E-state index is 0.0266. The number of nitrogens with one attached hydrogen (secondary N) is 3. The van der Waals surface area contributed by atoms with Crippen LogP contribution in [0.25, 0.3) is 0 Å². The van der Waals surface area contributed by atoms with Gasteiger partial charge in [-0.25, -0.2) is 22.9 Å². The second-order valence-electron chi connectivity index (χ2n) is 4.84. The van der Waals surface area contributed by atoms with Crippen LogP contribution in [0.15, 0.2) is 47.5 Å². The van der Waals surface area contributed by atoms with E-state index in [2.05, 4.69) is 20.3 Å². The number of halogens is 1. The minimum Gasteiger partial charge on any atom is -0.337 e. The summed E-state index contributed by atoms with van der Waals surface area (Å²) in [5, 5.41) is 5.90. The summed E-state index contributed by atoms with van der Waals surface area (Å²) in [7, 11) is -2.23. The number of anilines is 1. The molecule has 0 saturated heterocycles. The Kier molecular flexibility index (Phi) is 6.13. The summed E-state index contributed by atoms with van der Waals surface area (Å²) in [6.07, 6.45) is 1.84. The first-order chi connectivity index (χ1) is 11.4. The first-order valence-corrected chi connectivity index (χ1v) is 8.96. The van der Waals surface area contributed by atoms with Gasteiger partial charge >= 0.3 is 6.03 Å². The number of carbonyl (C=O) groups is 1. The van der Waals surface area contributed by atoms with E-state index >= 15 is 0 Å². The summed E-state index contributed by atoms with van der Waals surface area (Å²) in [5.74, 6) is 0.258. The molecule has 24 heavy (non-hydrogen) atoms. The third-order valence-electron chi connectivity index (χ3n) is 3.17. The summed E-state index contributed by atoms with van der Waals surface area (Å²) >= 11 is 5.81. The van der Waals surface area contributed by atoms with Crippen LogP contribution in [0.2, 0.25) is 5.02 Å². The van der Waals surface area contributed by atoms with E-state index in [9.17, 15) is 13.2 Å². The fourth-order valence-corrected chi connectivity index (χ4v) is 2.66. The van der Waals surface area contributed by atoms with Crippen LogP contribution in [-0.4, -0.2) is 33.0 Å². The van der Waals surface area contributed by atoms with Crippen molar-refractivity contribution in [2.75, 3.05) is 18.9 Å². The zero-order chi connectivity index (χ0) is 17.6. The molecule has 1 heterocycles.